The monoisotopic (exact) mass is 430 g/mol. The van der Waals surface area contributed by atoms with Gasteiger partial charge in [-0.25, -0.2) is 12.4 Å². The molecule has 0 aliphatic heterocycles. The fourth-order valence-corrected chi connectivity index (χ4v) is 4.43. The number of carbonyl (C=O) groups is 1. The summed E-state index contributed by atoms with van der Waals surface area (Å²) in [6, 6.07) is 14.8. The van der Waals surface area contributed by atoms with Crippen LogP contribution in [-0.2, 0) is 10.0 Å². The molecule has 0 atom stereocenters. The van der Waals surface area contributed by atoms with Crippen molar-refractivity contribution in [2.45, 2.75) is 17.7 Å². The number of carbonyl (C=O) groups excluding carboxylic acids is 1. The summed E-state index contributed by atoms with van der Waals surface area (Å²) in [5.74, 6) is -0.147. The van der Waals surface area contributed by atoms with Crippen LogP contribution in [0.5, 0.6) is 0 Å². The van der Waals surface area contributed by atoms with Crippen molar-refractivity contribution >= 4 is 42.6 Å². The fraction of sp³-hybridized carbons (Fsp3) is 0.158. The van der Waals surface area contributed by atoms with Gasteiger partial charge in [0.05, 0.1) is 22.0 Å². The van der Waals surface area contributed by atoms with E-state index < -0.39 is 10.0 Å². The number of ketones is 1. The Bertz CT molecular complexity index is 1110. The largest absolute Gasteiger partial charge is 0.294 e. The van der Waals surface area contributed by atoms with Crippen LogP contribution in [0.3, 0.4) is 0 Å². The van der Waals surface area contributed by atoms with E-state index in [1.165, 1.54) is 18.3 Å². The lowest BCUT2D eigenvalue weighted by Crippen LogP contribution is -2.11. The zero-order valence-electron chi connectivity index (χ0n) is 13.7. The van der Waals surface area contributed by atoms with Crippen molar-refractivity contribution in [1.82, 2.24) is 3.97 Å². The maximum atomic E-state index is 13.0. The Hall–Kier alpha value is -2.43. The van der Waals surface area contributed by atoms with Gasteiger partial charge in [0.1, 0.15) is 0 Å². The van der Waals surface area contributed by atoms with Gasteiger partial charge in [-0.2, -0.15) is 5.26 Å². The Labute approximate surface area is 160 Å². The Morgan fingerprint density at radius 1 is 1.15 bits per heavy atom. The van der Waals surface area contributed by atoms with E-state index >= 15 is 0 Å². The van der Waals surface area contributed by atoms with Crippen LogP contribution in [0.2, 0.25) is 0 Å². The van der Waals surface area contributed by atoms with Gasteiger partial charge in [-0.15, -0.1) is 0 Å². The van der Waals surface area contributed by atoms with Gasteiger partial charge in [0.25, 0.3) is 10.0 Å². The average Bonchev–Trinajstić information content (AvgIpc) is 3.06. The second kappa shape index (κ2) is 7.44. The molecule has 2 aromatic carbocycles. The van der Waals surface area contributed by atoms with E-state index in [1.54, 1.807) is 36.4 Å². The smallest absolute Gasteiger partial charge is 0.268 e. The number of alkyl halides is 1. The lowest BCUT2D eigenvalue weighted by atomic mass is 10.0. The molecule has 0 N–H and O–H groups in total. The van der Waals surface area contributed by atoms with Gasteiger partial charge in [0, 0.05) is 28.9 Å². The summed E-state index contributed by atoms with van der Waals surface area (Å²) in [7, 11) is -3.85. The molecule has 3 rings (SSSR count). The molecule has 3 aromatic rings. The zero-order valence-corrected chi connectivity index (χ0v) is 16.1. The van der Waals surface area contributed by atoms with Gasteiger partial charge < -0.3 is 0 Å². The molecular weight excluding hydrogens is 416 g/mol. The summed E-state index contributed by atoms with van der Waals surface area (Å²) >= 11 is 3.29. The molecule has 0 unspecified atom stereocenters. The molecule has 0 radical (unpaired) electrons. The molecule has 0 amide bonds. The van der Waals surface area contributed by atoms with Crippen LogP contribution in [-0.4, -0.2) is 23.5 Å². The van der Waals surface area contributed by atoms with E-state index in [-0.39, 0.29) is 10.7 Å². The Kier molecular flexibility index (Phi) is 5.25. The van der Waals surface area contributed by atoms with Crippen molar-refractivity contribution in [3.63, 3.8) is 0 Å². The van der Waals surface area contributed by atoms with Crippen molar-refractivity contribution in [3.05, 3.63) is 65.9 Å². The van der Waals surface area contributed by atoms with Crippen LogP contribution in [0.25, 0.3) is 10.9 Å². The van der Waals surface area contributed by atoms with Crippen LogP contribution in [0.15, 0.2) is 59.6 Å². The predicted octanol–water partition coefficient (Wildman–Crippen LogP) is 4.11. The van der Waals surface area contributed by atoms with E-state index in [0.29, 0.717) is 40.2 Å². The maximum absolute atomic E-state index is 13.0. The number of rotatable bonds is 6. The van der Waals surface area contributed by atoms with Crippen LogP contribution < -0.4 is 0 Å². The first-order valence-electron chi connectivity index (χ1n) is 7.94. The first-order valence-corrected chi connectivity index (χ1v) is 10.5. The molecule has 0 fully saturated rings. The van der Waals surface area contributed by atoms with Gasteiger partial charge in [-0.3, -0.25) is 4.79 Å². The summed E-state index contributed by atoms with van der Waals surface area (Å²) < 4.78 is 27.2. The number of fused-ring (bicyclic) bond motifs is 1. The predicted molar refractivity (Wildman–Crippen MR) is 103 cm³/mol. The van der Waals surface area contributed by atoms with E-state index in [2.05, 4.69) is 15.9 Å². The number of benzene rings is 2. The van der Waals surface area contributed by atoms with Crippen molar-refractivity contribution < 1.29 is 13.2 Å². The summed E-state index contributed by atoms with van der Waals surface area (Å²) in [6.45, 7) is 0. The average molecular weight is 431 g/mol. The van der Waals surface area contributed by atoms with E-state index in [0.717, 1.165) is 3.97 Å². The van der Waals surface area contributed by atoms with Crippen LogP contribution in [0, 0.1) is 11.3 Å². The number of hydrogen-bond donors (Lipinski definition) is 0. The molecule has 5 nitrogen and oxygen atoms in total. The Balaban J connectivity index is 2.24. The van der Waals surface area contributed by atoms with E-state index in [9.17, 15) is 13.2 Å². The van der Waals surface area contributed by atoms with Gasteiger partial charge in [0.15, 0.2) is 5.78 Å². The van der Waals surface area contributed by atoms with Gasteiger partial charge in [0.2, 0.25) is 0 Å². The highest BCUT2D eigenvalue weighted by Gasteiger charge is 2.23. The molecule has 0 bridgehead atoms. The molecule has 1 heterocycles. The minimum absolute atomic E-state index is 0.140. The molecule has 7 heteroatoms. The highest BCUT2D eigenvalue weighted by atomic mass is 79.9. The summed E-state index contributed by atoms with van der Waals surface area (Å²) in [5, 5.41) is 10.3. The first kappa shape index (κ1) is 18.4. The number of Topliss-reactive ketones (excluding diaryl/α,β-unsaturated/α-hetero) is 1. The topological polar surface area (TPSA) is 79.9 Å². The van der Waals surface area contributed by atoms with E-state index in [1.807, 2.05) is 6.07 Å². The van der Waals surface area contributed by atoms with Crippen molar-refractivity contribution in [3.8, 4) is 6.07 Å². The molecular formula is C19H15BrN2O3S. The van der Waals surface area contributed by atoms with Crippen molar-refractivity contribution in [2.75, 3.05) is 5.33 Å². The number of aromatic nitrogens is 1. The zero-order chi connectivity index (χ0) is 18.7. The summed E-state index contributed by atoms with van der Waals surface area (Å²) in [6.07, 6.45) is 2.31. The number of hydrogen-bond acceptors (Lipinski definition) is 4. The Morgan fingerprint density at radius 2 is 1.88 bits per heavy atom. The molecule has 0 spiro atoms. The van der Waals surface area contributed by atoms with Crippen LogP contribution in [0.4, 0.5) is 0 Å². The second-order valence-electron chi connectivity index (χ2n) is 5.72. The summed E-state index contributed by atoms with van der Waals surface area (Å²) in [5.41, 5.74) is 1.08. The molecule has 0 aliphatic rings. The SMILES string of the molecule is N#Cc1ccc2c(c1)c(C(=O)CCCBr)cn2S(=O)(=O)c1ccccc1. The minimum atomic E-state index is -3.85. The van der Waals surface area contributed by atoms with Gasteiger partial charge >= 0.3 is 0 Å². The molecule has 0 saturated heterocycles. The standard InChI is InChI=1S/C19H15BrN2O3S/c20-10-4-7-19(23)17-13-22(18-9-8-14(12-21)11-16(17)18)26(24,25)15-5-2-1-3-6-15/h1-3,5-6,8-9,11,13H,4,7,10H2. The lowest BCUT2D eigenvalue weighted by Gasteiger charge is -2.07. The highest BCUT2D eigenvalue weighted by molar-refractivity contribution is 9.09. The van der Waals surface area contributed by atoms with Crippen molar-refractivity contribution in [2.24, 2.45) is 0 Å². The quantitative estimate of drug-likeness (QED) is 0.435. The minimum Gasteiger partial charge on any atom is -0.294 e. The van der Waals surface area contributed by atoms with Crippen molar-refractivity contribution in [1.29, 1.82) is 5.26 Å². The maximum Gasteiger partial charge on any atom is 0.268 e. The third-order valence-corrected chi connectivity index (χ3v) is 6.29. The molecule has 26 heavy (non-hydrogen) atoms. The first-order chi connectivity index (χ1) is 12.5. The summed E-state index contributed by atoms with van der Waals surface area (Å²) in [4.78, 5) is 12.7. The fourth-order valence-electron chi connectivity index (χ4n) is 2.76. The number of nitriles is 1. The van der Waals surface area contributed by atoms with E-state index in [4.69, 9.17) is 5.26 Å². The third kappa shape index (κ3) is 3.30. The third-order valence-electron chi connectivity index (χ3n) is 4.04. The van der Waals surface area contributed by atoms with Crippen LogP contribution >= 0.6 is 15.9 Å². The molecule has 1 aromatic heterocycles. The number of halogens is 1. The highest BCUT2D eigenvalue weighted by Crippen LogP contribution is 2.28. The molecule has 0 aliphatic carbocycles. The van der Waals surface area contributed by atoms with Gasteiger partial charge in [-0.05, 0) is 36.8 Å². The molecule has 132 valence electrons. The molecule has 0 saturated carbocycles. The number of nitrogens with zero attached hydrogens (tertiary/aromatic N) is 2. The Morgan fingerprint density at radius 3 is 2.54 bits per heavy atom. The lowest BCUT2D eigenvalue weighted by molar-refractivity contribution is 0.0983. The van der Waals surface area contributed by atoms with Gasteiger partial charge in [-0.1, -0.05) is 34.1 Å². The normalized spacial score (nSPS) is 11.4. The second-order valence-corrected chi connectivity index (χ2v) is 8.32. The van der Waals surface area contributed by atoms with Crippen LogP contribution in [0.1, 0.15) is 28.8 Å².